The topological polar surface area (TPSA) is 33.0 Å². The number of ether oxygens (including phenoxy) is 1. The molecule has 1 aromatic rings. The first-order chi connectivity index (χ1) is 6.74. The first kappa shape index (κ1) is 10.7. The maximum absolute atomic E-state index is 8.54. The fraction of sp³-hybridized carbons (Fsp3) is 0.273. The lowest BCUT2D eigenvalue weighted by Crippen LogP contribution is -2.09. The zero-order valence-electron chi connectivity index (χ0n) is 7.93. The summed E-state index contributed by atoms with van der Waals surface area (Å²) in [5.41, 5.74) is 0.882. The number of nitrogens with zero attached hydrogens (tertiary/aromatic N) is 1. The molecule has 3 heteroatoms. The average molecular weight is 205 g/mol. The van der Waals surface area contributed by atoms with Gasteiger partial charge in [0.2, 0.25) is 0 Å². The first-order valence-corrected chi connectivity index (χ1v) is 4.76. The number of rotatable bonds is 3. The number of hydrogen-bond donors (Lipinski definition) is 0. The Bertz CT molecular complexity index is 342. The summed E-state index contributed by atoms with van der Waals surface area (Å²) in [6.45, 7) is 2.15. The Morgan fingerprint density at radius 3 is 2.71 bits per heavy atom. The molecule has 72 valence electrons. The van der Waals surface area contributed by atoms with Gasteiger partial charge in [0.25, 0.3) is 0 Å². The van der Waals surface area contributed by atoms with Gasteiger partial charge in [0.15, 0.2) is 5.05 Å². The molecule has 1 atom stereocenters. The van der Waals surface area contributed by atoms with Gasteiger partial charge in [-0.2, -0.15) is 5.26 Å². The third-order valence-corrected chi connectivity index (χ3v) is 2.05. The number of thiocarbonyl (C=S) groups is 1. The summed E-state index contributed by atoms with van der Waals surface area (Å²) in [5.74, 6) is -0.128. The van der Waals surface area contributed by atoms with E-state index in [2.05, 4.69) is 6.07 Å². The molecular formula is C11H11NOS. The van der Waals surface area contributed by atoms with Crippen LogP contribution >= 0.6 is 12.2 Å². The molecule has 0 fully saturated rings. The van der Waals surface area contributed by atoms with Crippen molar-refractivity contribution in [2.24, 2.45) is 5.92 Å². The van der Waals surface area contributed by atoms with Gasteiger partial charge in [0.05, 0.1) is 12.0 Å². The van der Waals surface area contributed by atoms with E-state index in [0.29, 0.717) is 11.7 Å². The van der Waals surface area contributed by atoms with Crippen molar-refractivity contribution in [3.8, 4) is 6.07 Å². The van der Waals surface area contributed by atoms with Crippen LogP contribution in [0.25, 0.3) is 0 Å². The summed E-state index contributed by atoms with van der Waals surface area (Å²) in [6, 6.07) is 11.6. The zero-order chi connectivity index (χ0) is 10.4. The Morgan fingerprint density at radius 1 is 1.50 bits per heavy atom. The highest BCUT2D eigenvalue weighted by atomic mass is 32.1. The molecule has 0 bridgehead atoms. The van der Waals surface area contributed by atoms with E-state index in [1.54, 1.807) is 6.92 Å². The SMILES string of the molecule is CC(C#N)COC(=S)c1ccccc1. The van der Waals surface area contributed by atoms with Gasteiger partial charge in [-0.15, -0.1) is 0 Å². The quantitative estimate of drug-likeness (QED) is 0.711. The zero-order valence-corrected chi connectivity index (χ0v) is 8.75. The minimum atomic E-state index is -0.128. The van der Waals surface area contributed by atoms with E-state index in [1.165, 1.54) is 0 Å². The smallest absolute Gasteiger partial charge is 0.191 e. The molecule has 1 unspecified atom stereocenters. The highest BCUT2D eigenvalue weighted by molar-refractivity contribution is 7.80. The van der Waals surface area contributed by atoms with Crippen molar-refractivity contribution in [1.82, 2.24) is 0 Å². The monoisotopic (exact) mass is 205 g/mol. The highest BCUT2D eigenvalue weighted by Gasteiger charge is 2.04. The van der Waals surface area contributed by atoms with Crippen molar-refractivity contribution in [3.05, 3.63) is 35.9 Å². The van der Waals surface area contributed by atoms with Crippen molar-refractivity contribution in [2.45, 2.75) is 6.92 Å². The summed E-state index contributed by atoms with van der Waals surface area (Å²) in [5, 5.41) is 9.00. The van der Waals surface area contributed by atoms with Crippen molar-refractivity contribution in [2.75, 3.05) is 6.61 Å². The van der Waals surface area contributed by atoms with Crippen molar-refractivity contribution in [1.29, 1.82) is 5.26 Å². The molecule has 0 aliphatic heterocycles. The van der Waals surface area contributed by atoms with E-state index in [-0.39, 0.29) is 5.92 Å². The molecule has 0 N–H and O–H groups in total. The van der Waals surface area contributed by atoms with Crippen molar-refractivity contribution < 1.29 is 4.74 Å². The number of nitriles is 1. The van der Waals surface area contributed by atoms with Crippen LogP contribution in [0.2, 0.25) is 0 Å². The van der Waals surface area contributed by atoms with Crippen LogP contribution in [0.4, 0.5) is 0 Å². The molecule has 0 aromatic heterocycles. The Hall–Kier alpha value is -1.40. The minimum absolute atomic E-state index is 0.128. The molecule has 0 aliphatic carbocycles. The normalized spacial score (nSPS) is 11.4. The molecule has 0 spiro atoms. The molecule has 0 heterocycles. The fourth-order valence-electron chi connectivity index (χ4n) is 0.896. The fourth-order valence-corrected chi connectivity index (χ4v) is 1.10. The third-order valence-electron chi connectivity index (χ3n) is 1.69. The lowest BCUT2D eigenvalue weighted by molar-refractivity contribution is 0.284. The van der Waals surface area contributed by atoms with Crippen LogP contribution in [0.5, 0.6) is 0 Å². The van der Waals surface area contributed by atoms with Gasteiger partial charge in [-0.25, -0.2) is 0 Å². The second-order valence-electron chi connectivity index (χ2n) is 2.99. The van der Waals surface area contributed by atoms with Gasteiger partial charge in [0, 0.05) is 5.56 Å². The van der Waals surface area contributed by atoms with E-state index < -0.39 is 0 Å². The van der Waals surface area contributed by atoms with Crippen LogP contribution in [0.15, 0.2) is 30.3 Å². The van der Waals surface area contributed by atoms with Crippen LogP contribution in [0, 0.1) is 17.2 Å². The molecular weight excluding hydrogens is 194 g/mol. The van der Waals surface area contributed by atoms with E-state index >= 15 is 0 Å². The second kappa shape index (κ2) is 5.36. The number of hydrogen-bond acceptors (Lipinski definition) is 3. The maximum atomic E-state index is 8.54. The van der Waals surface area contributed by atoms with Gasteiger partial charge in [-0.05, 0) is 19.1 Å². The van der Waals surface area contributed by atoms with Crippen LogP contribution in [0.1, 0.15) is 12.5 Å². The maximum Gasteiger partial charge on any atom is 0.191 e. The third kappa shape index (κ3) is 3.15. The Balaban J connectivity index is 2.49. The Morgan fingerprint density at radius 2 is 2.14 bits per heavy atom. The lowest BCUT2D eigenvalue weighted by atomic mass is 10.2. The summed E-state index contributed by atoms with van der Waals surface area (Å²) in [6.07, 6.45) is 0. The standard InChI is InChI=1S/C11H11NOS/c1-9(7-12)8-13-11(14)10-5-3-2-4-6-10/h2-6,9H,8H2,1H3. The van der Waals surface area contributed by atoms with Crippen LogP contribution in [0.3, 0.4) is 0 Å². The molecule has 0 amide bonds. The summed E-state index contributed by atoms with van der Waals surface area (Å²) < 4.78 is 5.29. The van der Waals surface area contributed by atoms with Crippen molar-refractivity contribution in [3.63, 3.8) is 0 Å². The predicted molar refractivity (Wildman–Crippen MR) is 58.9 cm³/mol. The van der Waals surface area contributed by atoms with Crippen molar-refractivity contribution >= 4 is 17.3 Å². The summed E-state index contributed by atoms with van der Waals surface area (Å²) in [4.78, 5) is 0. The van der Waals surface area contributed by atoms with Gasteiger partial charge in [-0.1, -0.05) is 30.3 Å². The minimum Gasteiger partial charge on any atom is -0.482 e. The molecule has 14 heavy (non-hydrogen) atoms. The molecule has 2 nitrogen and oxygen atoms in total. The van der Waals surface area contributed by atoms with Gasteiger partial charge >= 0.3 is 0 Å². The van der Waals surface area contributed by atoms with E-state index in [4.69, 9.17) is 22.2 Å². The molecule has 0 radical (unpaired) electrons. The van der Waals surface area contributed by atoms with Crippen LogP contribution < -0.4 is 0 Å². The van der Waals surface area contributed by atoms with E-state index in [0.717, 1.165) is 5.56 Å². The number of benzene rings is 1. The van der Waals surface area contributed by atoms with Gasteiger partial charge in [0.1, 0.15) is 6.61 Å². The molecule has 0 saturated carbocycles. The molecule has 1 rings (SSSR count). The van der Waals surface area contributed by atoms with E-state index in [1.807, 2.05) is 30.3 Å². The lowest BCUT2D eigenvalue weighted by Gasteiger charge is -2.07. The molecule has 0 aliphatic rings. The van der Waals surface area contributed by atoms with Gasteiger partial charge in [-0.3, -0.25) is 0 Å². The summed E-state index contributed by atoms with van der Waals surface area (Å²) in [7, 11) is 0. The van der Waals surface area contributed by atoms with E-state index in [9.17, 15) is 0 Å². The molecule has 0 saturated heterocycles. The average Bonchev–Trinajstić information content (AvgIpc) is 2.26. The highest BCUT2D eigenvalue weighted by Crippen LogP contribution is 2.04. The van der Waals surface area contributed by atoms with Crippen LogP contribution in [-0.2, 0) is 4.74 Å². The first-order valence-electron chi connectivity index (χ1n) is 4.36. The molecule has 1 aromatic carbocycles. The Labute approximate surface area is 89.1 Å². The second-order valence-corrected chi connectivity index (χ2v) is 3.37. The van der Waals surface area contributed by atoms with Crippen LogP contribution in [-0.4, -0.2) is 11.7 Å². The van der Waals surface area contributed by atoms with Gasteiger partial charge < -0.3 is 4.74 Å². The Kier molecular flexibility index (Phi) is 4.09. The predicted octanol–water partition coefficient (Wildman–Crippen LogP) is 2.54. The summed E-state index contributed by atoms with van der Waals surface area (Å²) >= 11 is 5.06. The largest absolute Gasteiger partial charge is 0.482 e.